The summed E-state index contributed by atoms with van der Waals surface area (Å²) in [4.78, 5) is 17.5. The summed E-state index contributed by atoms with van der Waals surface area (Å²) in [6, 6.07) is 18.2. The van der Waals surface area contributed by atoms with Gasteiger partial charge in [-0.1, -0.05) is 23.4 Å². The minimum atomic E-state index is -0.260. The molecule has 0 unspecified atom stereocenters. The molecule has 0 bridgehead atoms. The number of carbonyl (C=O) groups excluding carboxylic acids is 1. The van der Waals surface area contributed by atoms with Crippen molar-refractivity contribution in [3.05, 3.63) is 66.0 Å². The third-order valence-electron chi connectivity index (χ3n) is 4.07. The van der Waals surface area contributed by atoms with Gasteiger partial charge in [0.05, 0.1) is 11.5 Å². The summed E-state index contributed by atoms with van der Waals surface area (Å²) in [6.07, 6.45) is 0. The number of rotatable bonds is 8. The van der Waals surface area contributed by atoms with Crippen molar-refractivity contribution < 1.29 is 18.8 Å². The molecule has 0 aliphatic heterocycles. The first kappa shape index (κ1) is 19.7. The molecular weight excluding hydrogens is 402 g/mol. The SMILES string of the molecule is CCOc1ccc(NC(=O)COc2cccc(-c3noc(-c4cccs4)n3)c2)cc1. The predicted octanol–water partition coefficient (Wildman–Crippen LogP) is 4.88. The van der Waals surface area contributed by atoms with Crippen molar-refractivity contribution in [3.63, 3.8) is 0 Å². The van der Waals surface area contributed by atoms with E-state index in [9.17, 15) is 4.79 Å². The largest absolute Gasteiger partial charge is 0.494 e. The average Bonchev–Trinajstić information content (AvgIpc) is 3.46. The van der Waals surface area contributed by atoms with Crippen LogP contribution in [-0.4, -0.2) is 29.3 Å². The molecule has 0 spiro atoms. The van der Waals surface area contributed by atoms with Crippen LogP contribution in [0.5, 0.6) is 11.5 Å². The lowest BCUT2D eigenvalue weighted by Crippen LogP contribution is -2.20. The van der Waals surface area contributed by atoms with Crippen LogP contribution in [0.15, 0.2) is 70.6 Å². The minimum Gasteiger partial charge on any atom is -0.494 e. The number of amides is 1. The van der Waals surface area contributed by atoms with Crippen molar-refractivity contribution in [2.45, 2.75) is 6.92 Å². The standard InChI is InChI=1S/C22H19N3O4S/c1-2-27-17-10-8-16(9-11-17)23-20(26)14-28-18-6-3-5-15(13-18)21-24-22(29-25-21)19-7-4-12-30-19/h3-13H,2,14H2,1H3,(H,23,26). The van der Waals surface area contributed by atoms with Crippen LogP contribution < -0.4 is 14.8 Å². The minimum absolute atomic E-state index is 0.122. The van der Waals surface area contributed by atoms with Crippen molar-refractivity contribution in [2.75, 3.05) is 18.5 Å². The molecule has 0 atom stereocenters. The maximum absolute atomic E-state index is 12.2. The van der Waals surface area contributed by atoms with Crippen molar-refractivity contribution in [1.29, 1.82) is 0 Å². The second-order valence-electron chi connectivity index (χ2n) is 6.22. The first-order valence-electron chi connectivity index (χ1n) is 9.35. The molecule has 0 aliphatic rings. The lowest BCUT2D eigenvalue weighted by atomic mass is 10.2. The number of hydrogen-bond acceptors (Lipinski definition) is 7. The van der Waals surface area contributed by atoms with Crippen LogP contribution in [-0.2, 0) is 4.79 Å². The van der Waals surface area contributed by atoms with E-state index in [1.54, 1.807) is 36.4 Å². The molecule has 0 saturated heterocycles. The van der Waals surface area contributed by atoms with Gasteiger partial charge in [0.2, 0.25) is 5.82 Å². The molecule has 1 N–H and O–H groups in total. The Morgan fingerprint density at radius 3 is 2.70 bits per heavy atom. The number of thiophene rings is 1. The maximum atomic E-state index is 12.2. The van der Waals surface area contributed by atoms with E-state index in [-0.39, 0.29) is 12.5 Å². The first-order chi connectivity index (χ1) is 14.7. The summed E-state index contributed by atoms with van der Waals surface area (Å²) in [5.74, 6) is 1.97. The van der Waals surface area contributed by atoms with Crippen LogP contribution in [0.1, 0.15) is 6.92 Å². The number of anilines is 1. The Labute approximate surface area is 177 Å². The fourth-order valence-electron chi connectivity index (χ4n) is 2.71. The molecule has 7 nitrogen and oxygen atoms in total. The van der Waals surface area contributed by atoms with Crippen molar-refractivity contribution in [3.8, 4) is 33.7 Å². The zero-order chi connectivity index (χ0) is 20.8. The quantitative estimate of drug-likeness (QED) is 0.436. The summed E-state index contributed by atoms with van der Waals surface area (Å²) in [6.45, 7) is 2.39. The monoisotopic (exact) mass is 421 g/mol. The molecule has 8 heteroatoms. The van der Waals surface area contributed by atoms with E-state index >= 15 is 0 Å². The van der Waals surface area contributed by atoms with Gasteiger partial charge in [-0.25, -0.2) is 0 Å². The van der Waals surface area contributed by atoms with E-state index in [0.717, 1.165) is 16.2 Å². The van der Waals surface area contributed by atoms with E-state index in [0.29, 0.717) is 29.8 Å². The summed E-state index contributed by atoms with van der Waals surface area (Å²) in [5, 5.41) is 8.77. The van der Waals surface area contributed by atoms with Gasteiger partial charge >= 0.3 is 0 Å². The van der Waals surface area contributed by atoms with Gasteiger partial charge in [-0.15, -0.1) is 11.3 Å². The second kappa shape index (κ2) is 9.23. The Morgan fingerprint density at radius 1 is 1.07 bits per heavy atom. The molecule has 0 saturated carbocycles. The van der Waals surface area contributed by atoms with Gasteiger partial charge in [-0.2, -0.15) is 4.98 Å². The maximum Gasteiger partial charge on any atom is 0.268 e. The third-order valence-corrected chi connectivity index (χ3v) is 4.93. The van der Waals surface area contributed by atoms with Gasteiger partial charge in [0.1, 0.15) is 11.5 Å². The molecule has 0 radical (unpaired) electrons. The molecule has 2 aromatic heterocycles. The zero-order valence-electron chi connectivity index (χ0n) is 16.2. The number of hydrogen-bond donors (Lipinski definition) is 1. The average molecular weight is 421 g/mol. The van der Waals surface area contributed by atoms with Gasteiger partial charge < -0.3 is 19.3 Å². The van der Waals surface area contributed by atoms with E-state index in [1.165, 1.54) is 11.3 Å². The normalized spacial score (nSPS) is 10.6. The molecule has 4 rings (SSSR count). The van der Waals surface area contributed by atoms with Crippen LogP contribution in [0.25, 0.3) is 22.2 Å². The van der Waals surface area contributed by atoms with E-state index in [1.807, 2.05) is 36.6 Å². The highest BCUT2D eigenvalue weighted by molar-refractivity contribution is 7.13. The molecule has 30 heavy (non-hydrogen) atoms. The Hall–Kier alpha value is -3.65. The van der Waals surface area contributed by atoms with Crippen LogP contribution in [0.3, 0.4) is 0 Å². The predicted molar refractivity (Wildman–Crippen MR) is 115 cm³/mol. The van der Waals surface area contributed by atoms with Gasteiger partial charge in [-0.05, 0) is 54.8 Å². The Bertz CT molecular complexity index is 1110. The van der Waals surface area contributed by atoms with Gasteiger partial charge in [0, 0.05) is 11.3 Å². The van der Waals surface area contributed by atoms with E-state index in [4.69, 9.17) is 14.0 Å². The number of carbonyl (C=O) groups is 1. The molecule has 2 heterocycles. The van der Waals surface area contributed by atoms with Crippen molar-refractivity contribution in [2.24, 2.45) is 0 Å². The molecule has 4 aromatic rings. The molecule has 2 aromatic carbocycles. The van der Waals surface area contributed by atoms with Gasteiger partial charge in [0.25, 0.3) is 11.8 Å². The smallest absolute Gasteiger partial charge is 0.268 e. The number of ether oxygens (including phenoxy) is 2. The van der Waals surface area contributed by atoms with E-state index in [2.05, 4.69) is 15.5 Å². The Morgan fingerprint density at radius 2 is 1.93 bits per heavy atom. The lowest BCUT2D eigenvalue weighted by Gasteiger charge is -2.09. The molecular formula is C22H19N3O4S. The third kappa shape index (κ3) is 4.84. The summed E-state index contributed by atoms with van der Waals surface area (Å²) in [7, 11) is 0. The number of benzene rings is 2. The summed E-state index contributed by atoms with van der Waals surface area (Å²) < 4.78 is 16.3. The summed E-state index contributed by atoms with van der Waals surface area (Å²) in [5.41, 5.74) is 1.42. The summed E-state index contributed by atoms with van der Waals surface area (Å²) >= 11 is 1.53. The second-order valence-corrected chi connectivity index (χ2v) is 7.17. The zero-order valence-corrected chi connectivity index (χ0v) is 17.0. The van der Waals surface area contributed by atoms with Crippen molar-refractivity contribution >= 4 is 22.9 Å². The first-order valence-corrected chi connectivity index (χ1v) is 10.2. The lowest BCUT2D eigenvalue weighted by molar-refractivity contribution is -0.118. The highest BCUT2D eigenvalue weighted by atomic mass is 32.1. The Kier molecular flexibility index (Phi) is 6.05. The Balaban J connectivity index is 1.36. The molecule has 1 amide bonds. The van der Waals surface area contributed by atoms with Gasteiger partial charge in [0.15, 0.2) is 6.61 Å². The molecule has 0 aliphatic carbocycles. The highest BCUT2D eigenvalue weighted by Crippen LogP contribution is 2.27. The van der Waals surface area contributed by atoms with Crippen LogP contribution in [0.2, 0.25) is 0 Å². The number of aromatic nitrogens is 2. The van der Waals surface area contributed by atoms with Gasteiger partial charge in [-0.3, -0.25) is 4.79 Å². The fraction of sp³-hybridized carbons (Fsp3) is 0.136. The number of nitrogens with one attached hydrogen (secondary N) is 1. The molecule has 0 fully saturated rings. The molecule has 152 valence electrons. The van der Waals surface area contributed by atoms with Crippen molar-refractivity contribution in [1.82, 2.24) is 10.1 Å². The van der Waals surface area contributed by atoms with Crippen LogP contribution in [0, 0.1) is 0 Å². The van der Waals surface area contributed by atoms with Crippen LogP contribution >= 0.6 is 11.3 Å². The fourth-order valence-corrected chi connectivity index (χ4v) is 3.36. The number of nitrogens with zero attached hydrogens (tertiary/aromatic N) is 2. The van der Waals surface area contributed by atoms with E-state index < -0.39 is 0 Å². The highest BCUT2D eigenvalue weighted by Gasteiger charge is 2.12. The van der Waals surface area contributed by atoms with Crippen LogP contribution in [0.4, 0.5) is 5.69 Å². The topological polar surface area (TPSA) is 86.5 Å².